The molecule has 9 heteroatoms. The molecule has 4 aromatic rings. The number of nitrogens with zero attached hydrogens (tertiary/aromatic N) is 3. The highest BCUT2D eigenvalue weighted by Crippen LogP contribution is 2.38. The van der Waals surface area contributed by atoms with Crippen LogP contribution < -0.4 is 0 Å². The van der Waals surface area contributed by atoms with Crippen LogP contribution in [0.5, 0.6) is 0 Å². The Morgan fingerprint density at radius 1 is 0.974 bits per heavy atom. The van der Waals surface area contributed by atoms with E-state index in [0.29, 0.717) is 47.3 Å². The Labute approximate surface area is 216 Å². The minimum absolute atomic E-state index is 0.236. The lowest BCUT2D eigenvalue weighted by Gasteiger charge is -2.39. The van der Waals surface area contributed by atoms with Crippen molar-refractivity contribution in [2.24, 2.45) is 5.92 Å². The van der Waals surface area contributed by atoms with Gasteiger partial charge in [0.2, 0.25) is 5.82 Å². The molecule has 0 radical (unpaired) electrons. The van der Waals surface area contributed by atoms with Gasteiger partial charge in [0.25, 0.3) is 5.89 Å². The van der Waals surface area contributed by atoms with Crippen molar-refractivity contribution >= 4 is 5.97 Å². The minimum Gasteiger partial charge on any atom is -0.481 e. The molecule has 1 aromatic heterocycles. The Hall–Kier alpha value is -3.98. The molecule has 1 N–H and O–H groups in total. The van der Waals surface area contributed by atoms with E-state index >= 15 is 0 Å². The Morgan fingerprint density at radius 3 is 2.47 bits per heavy atom. The van der Waals surface area contributed by atoms with Crippen molar-refractivity contribution in [3.05, 3.63) is 82.9 Å². The largest absolute Gasteiger partial charge is 0.481 e. The van der Waals surface area contributed by atoms with Gasteiger partial charge in [-0.05, 0) is 77.9 Å². The molecule has 3 aromatic carbocycles. The van der Waals surface area contributed by atoms with Crippen molar-refractivity contribution in [1.82, 2.24) is 15.0 Å². The van der Waals surface area contributed by atoms with Gasteiger partial charge in [-0.15, -0.1) is 0 Å². The van der Waals surface area contributed by atoms with Crippen LogP contribution in [0.4, 0.5) is 13.2 Å². The summed E-state index contributed by atoms with van der Waals surface area (Å²) in [6, 6.07) is 17.0. The lowest BCUT2D eigenvalue weighted by Crippen LogP contribution is -2.44. The summed E-state index contributed by atoms with van der Waals surface area (Å²) < 4.78 is 45.0. The van der Waals surface area contributed by atoms with Crippen LogP contribution in [-0.2, 0) is 24.1 Å². The van der Waals surface area contributed by atoms with Crippen molar-refractivity contribution in [2.75, 3.05) is 0 Å². The van der Waals surface area contributed by atoms with Crippen LogP contribution in [-0.4, -0.2) is 32.2 Å². The van der Waals surface area contributed by atoms with Gasteiger partial charge in [0.05, 0.1) is 11.5 Å². The van der Waals surface area contributed by atoms with Crippen LogP contribution in [0, 0.1) is 12.8 Å². The normalized spacial score (nSPS) is 19.3. The van der Waals surface area contributed by atoms with Gasteiger partial charge in [0.1, 0.15) is 0 Å². The maximum Gasteiger partial charge on any atom is 0.416 e. The number of halogens is 3. The van der Waals surface area contributed by atoms with E-state index in [-0.39, 0.29) is 5.92 Å². The van der Waals surface area contributed by atoms with Gasteiger partial charge in [-0.3, -0.25) is 9.69 Å². The summed E-state index contributed by atoms with van der Waals surface area (Å²) >= 11 is 0. The zero-order valence-corrected chi connectivity index (χ0v) is 20.5. The first kappa shape index (κ1) is 24.4. The van der Waals surface area contributed by atoms with Crippen LogP contribution in [0.1, 0.15) is 35.1 Å². The number of carbonyl (C=O) groups is 1. The van der Waals surface area contributed by atoms with E-state index in [1.54, 1.807) is 18.2 Å². The fraction of sp³-hybridized carbons (Fsp3) is 0.276. The Balaban J connectivity index is 1.19. The Bertz CT molecular complexity index is 1540. The summed E-state index contributed by atoms with van der Waals surface area (Å²) in [7, 11) is 0. The minimum atomic E-state index is -4.40. The van der Waals surface area contributed by atoms with Gasteiger partial charge >= 0.3 is 12.1 Å². The topological polar surface area (TPSA) is 79.5 Å². The summed E-state index contributed by atoms with van der Waals surface area (Å²) in [6.07, 6.45) is -3.02. The number of hydrogen-bond donors (Lipinski definition) is 1. The number of rotatable bonds is 5. The third-order valence-corrected chi connectivity index (χ3v) is 7.59. The lowest BCUT2D eigenvalue weighted by molar-refractivity contribution is -0.147. The van der Waals surface area contributed by atoms with E-state index in [0.717, 1.165) is 36.3 Å². The second kappa shape index (κ2) is 9.09. The van der Waals surface area contributed by atoms with Crippen molar-refractivity contribution in [2.45, 2.75) is 45.1 Å². The fourth-order valence-electron chi connectivity index (χ4n) is 5.35. The van der Waals surface area contributed by atoms with Gasteiger partial charge in [-0.1, -0.05) is 35.5 Å². The molecular formula is C29H24F3N3O3. The lowest BCUT2D eigenvalue weighted by atomic mass is 9.79. The first-order valence-electron chi connectivity index (χ1n) is 12.4. The van der Waals surface area contributed by atoms with E-state index < -0.39 is 17.7 Å². The van der Waals surface area contributed by atoms with E-state index in [2.05, 4.69) is 27.2 Å². The van der Waals surface area contributed by atoms with E-state index in [9.17, 15) is 18.0 Å². The average molecular weight is 520 g/mol. The summed E-state index contributed by atoms with van der Waals surface area (Å²) in [5, 5.41) is 13.3. The maximum absolute atomic E-state index is 13.1. The number of aromatic nitrogens is 2. The molecule has 1 aliphatic carbocycles. The Kier molecular flexibility index (Phi) is 5.83. The zero-order chi connectivity index (χ0) is 26.6. The molecule has 1 aliphatic heterocycles. The SMILES string of the molecule is Cc1cc(-c2nc(-c3ccc4c(c3)CN(C3CC(C(=O)O)C3)C4)no2)ccc1-c1cccc(C(F)(F)F)c1. The first-order valence-corrected chi connectivity index (χ1v) is 12.4. The van der Waals surface area contributed by atoms with Gasteiger partial charge in [-0.2, -0.15) is 18.2 Å². The molecule has 0 amide bonds. The molecule has 1 fully saturated rings. The van der Waals surface area contributed by atoms with Gasteiger partial charge in [0, 0.05) is 30.3 Å². The number of fused-ring (bicyclic) bond motifs is 1. The summed E-state index contributed by atoms with van der Waals surface area (Å²) in [5.41, 5.74) is 5.20. The molecular weight excluding hydrogens is 495 g/mol. The third kappa shape index (κ3) is 4.47. The van der Waals surface area contributed by atoms with Gasteiger partial charge in [0.15, 0.2) is 0 Å². The molecule has 2 heterocycles. The number of aryl methyl sites for hydroxylation is 1. The second-order valence-corrected chi connectivity index (χ2v) is 10.1. The number of carboxylic acids is 1. The van der Waals surface area contributed by atoms with Crippen molar-refractivity contribution in [3.63, 3.8) is 0 Å². The van der Waals surface area contributed by atoms with Crippen LogP contribution in [0.15, 0.2) is 65.2 Å². The monoisotopic (exact) mass is 519 g/mol. The van der Waals surface area contributed by atoms with Crippen molar-refractivity contribution in [1.29, 1.82) is 0 Å². The molecule has 1 saturated carbocycles. The molecule has 6 rings (SSSR count). The fourth-order valence-corrected chi connectivity index (χ4v) is 5.35. The van der Waals surface area contributed by atoms with Gasteiger partial charge < -0.3 is 9.63 Å². The maximum atomic E-state index is 13.1. The summed E-state index contributed by atoms with van der Waals surface area (Å²) in [4.78, 5) is 18.0. The molecule has 0 bridgehead atoms. The molecule has 0 saturated heterocycles. The number of hydrogen-bond acceptors (Lipinski definition) is 5. The van der Waals surface area contributed by atoms with Gasteiger partial charge in [-0.25, -0.2) is 0 Å². The quantitative estimate of drug-likeness (QED) is 0.321. The summed E-state index contributed by atoms with van der Waals surface area (Å²) in [6.45, 7) is 3.41. The number of aliphatic carboxylic acids is 1. The Morgan fingerprint density at radius 2 is 1.74 bits per heavy atom. The smallest absolute Gasteiger partial charge is 0.416 e. The average Bonchev–Trinajstić information content (AvgIpc) is 3.49. The molecule has 0 unspecified atom stereocenters. The third-order valence-electron chi connectivity index (χ3n) is 7.59. The number of benzene rings is 3. The zero-order valence-electron chi connectivity index (χ0n) is 20.5. The van der Waals surface area contributed by atoms with E-state index in [1.165, 1.54) is 17.2 Å². The number of carboxylic acid groups (broad SMARTS) is 1. The highest BCUT2D eigenvalue weighted by atomic mass is 19.4. The molecule has 194 valence electrons. The van der Waals surface area contributed by atoms with Crippen LogP contribution in [0.3, 0.4) is 0 Å². The molecule has 0 atom stereocenters. The van der Waals surface area contributed by atoms with Crippen LogP contribution in [0.2, 0.25) is 0 Å². The molecule has 0 spiro atoms. The molecule has 38 heavy (non-hydrogen) atoms. The first-order chi connectivity index (χ1) is 18.2. The highest BCUT2D eigenvalue weighted by Gasteiger charge is 2.39. The predicted molar refractivity (Wildman–Crippen MR) is 134 cm³/mol. The van der Waals surface area contributed by atoms with E-state index in [1.807, 2.05) is 19.1 Å². The number of alkyl halides is 3. The summed E-state index contributed by atoms with van der Waals surface area (Å²) in [5.74, 6) is -0.168. The van der Waals surface area contributed by atoms with Crippen LogP contribution in [0.25, 0.3) is 34.0 Å². The van der Waals surface area contributed by atoms with E-state index in [4.69, 9.17) is 9.63 Å². The second-order valence-electron chi connectivity index (χ2n) is 10.1. The molecule has 2 aliphatic rings. The van der Waals surface area contributed by atoms with Crippen molar-refractivity contribution in [3.8, 4) is 34.0 Å². The highest BCUT2D eigenvalue weighted by molar-refractivity contribution is 5.72. The predicted octanol–water partition coefficient (Wildman–Crippen LogP) is 6.58. The van der Waals surface area contributed by atoms with Crippen molar-refractivity contribution < 1.29 is 27.6 Å². The standard InChI is InChI=1S/C29H24F3N3O3/c1-16-9-19(7-8-25(16)17-3-2-4-23(11-17)29(30,31)32)27-33-26(34-38-27)18-5-6-20-14-35(15-22(20)10-18)24-12-21(13-24)28(36)37/h2-11,21,24H,12-15H2,1H3,(H,36,37). The molecule has 6 nitrogen and oxygen atoms in total. The van der Waals surface area contributed by atoms with Crippen LogP contribution >= 0.6 is 0 Å².